The number of ether oxygens (including phenoxy) is 1. The minimum Gasteiger partial charge on any atom is -0.452 e. The average Bonchev–Trinajstić information content (AvgIpc) is 2.60. The fourth-order valence-corrected chi connectivity index (χ4v) is 2.06. The molecule has 0 aliphatic heterocycles. The largest absolute Gasteiger partial charge is 0.452 e. The summed E-state index contributed by atoms with van der Waals surface area (Å²) in [5, 5.41) is 2.22. The van der Waals surface area contributed by atoms with Crippen LogP contribution in [0.3, 0.4) is 0 Å². The van der Waals surface area contributed by atoms with E-state index in [9.17, 15) is 18.8 Å². The SMILES string of the molecule is O=C(COC(=O)/C=C/c1c(F)cccc1Cl)NC(=O)c1ccccc1. The summed E-state index contributed by atoms with van der Waals surface area (Å²) in [6.07, 6.45) is 2.09. The Bertz CT molecular complexity index is 801. The lowest BCUT2D eigenvalue weighted by molar-refractivity contribution is -0.143. The molecule has 0 bridgehead atoms. The predicted molar refractivity (Wildman–Crippen MR) is 90.3 cm³/mol. The van der Waals surface area contributed by atoms with Crippen LogP contribution in [-0.4, -0.2) is 24.4 Å². The molecule has 0 saturated heterocycles. The molecule has 1 N–H and O–H groups in total. The minimum atomic E-state index is -0.873. The van der Waals surface area contributed by atoms with Gasteiger partial charge in [-0.2, -0.15) is 0 Å². The van der Waals surface area contributed by atoms with Gasteiger partial charge in [-0.3, -0.25) is 14.9 Å². The van der Waals surface area contributed by atoms with Crippen molar-refractivity contribution in [3.63, 3.8) is 0 Å². The highest BCUT2D eigenvalue weighted by Gasteiger charge is 2.11. The van der Waals surface area contributed by atoms with Gasteiger partial charge in [0.1, 0.15) is 5.82 Å². The number of hydrogen-bond donors (Lipinski definition) is 1. The van der Waals surface area contributed by atoms with E-state index >= 15 is 0 Å². The number of esters is 1. The van der Waals surface area contributed by atoms with Gasteiger partial charge in [0.25, 0.3) is 11.8 Å². The van der Waals surface area contributed by atoms with Crippen LogP contribution in [0.5, 0.6) is 0 Å². The van der Waals surface area contributed by atoms with Crippen LogP contribution < -0.4 is 5.32 Å². The summed E-state index contributed by atoms with van der Waals surface area (Å²) >= 11 is 5.81. The van der Waals surface area contributed by atoms with Crippen molar-refractivity contribution < 1.29 is 23.5 Å². The summed E-state index contributed by atoms with van der Waals surface area (Å²) in [6.45, 7) is -0.646. The summed E-state index contributed by atoms with van der Waals surface area (Å²) < 4.78 is 18.2. The molecule has 0 aliphatic carbocycles. The van der Waals surface area contributed by atoms with Gasteiger partial charge < -0.3 is 4.74 Å². The Balaban J connectivity index is 1.84. The zero-order chi connectivity index (χ0) is 18.2. The summed E-state index contributed by atoms with van der Waals surface area (Å²) in [5.74, 6) is -2.85. The Labute approximate surface area is 148 Å². The lowest BCUT2D eigenvalue weighted by Gasteiger charge is -2.04. The van der Waals surface area contributed by atoms with Crippen LogP contribution in [0.1, 0.15) is 15.9 Å². The second-order valence-electron chi connectivity index (χ2n) is 4.82. The van der Waals surface area contributed by atoms with Crippen molar-refractivity contribution in [2.75, 3.05) is 6.61 Å². The van der Waals surface area contributed by atoms with E-state index in [4.69, 9.17) is 11.6 Å². The molecule has 0 spiro atoms. The molecule has 0 unspecified atom stereocenters. The van der Waals surface area contributed by atoms with Crippen molar-refractivity contribution in [3.05, 3.63) is 76.6 Å². The van der Waals surface area contributed by atoms with Crippen molar-refractivity contribution in [3.8, 4) is 0 Å². The van der Waals surface area contributed by atoms with E-state index in [0.717, 1.165) is 12.2 Å². The molecule has 25 heavy (non-hydrogen) atoms. The van der Waals surface area contributed by atoms with E-state index in [2.05, 4.69) is 10.1 Å². The third kappa shape index (κ3) is 5.54. The first-order valence-corrected chi connectivity index (χ1v) is 7.53. The molecule has 2 aromatic rings. The topological polar surface area (TPSA) is 72.5 Å². The fraction of sp³-hybridized carbons (Fsp3) is 0.0556. The highest BCUT2D eigenvalue weighted by atomic mass is 35.5. The minimum absolute atomic E-state index is 0.0322. The van der Waals surface area contributed by atoms with Gasteiger partial charge in [0, 0.05) is 17.2 Å². The molecule has 5 nitrogen and oxygen atoms in total. The van der Waals surface area contributed by atoms with Crippen LogP contribution in [0.2, 0.25) is 5.02 Å². The van der Waals surface area contributed by atoms with E-state index < -0.39 is 30.2 Å². The second-order valence-corrected chi connectivity index (χ2v) is 5.23. The summed E-state index contributed by atoms with van der Waals surface area (Å²) in [7, 11) is 0. The van der Waals surface area contributed by atoms with Crippen molar-refractivity contribution in [1.82, 2.24) is 5.32 Å². The molecule has 0 aliphatic rings. The Morgan fingerprint density at radius 1 is 1.08 bits per heavy atom. The van der Waals surface area contributed by atoms with Gasteiger partial charge in [-0.15, -0.1) is 0 Å². The number of carbonyl (C=O) groups excluding carboxylic acids is 3. The van der Waals surface area contributed by atoms with Gasteiger partial charge in [0.15, 0.2) is 6.61 Å². The van der Waals surface area contributed by atoms with E-state index in [1.54, 1.807) is 18.2 Å². The molecule has 0 atom stereocenters. The lowest BCUT2D eigenvalue weighted by atomic mass is 10.2. The second kappa shape index (κ2) is 8.75. The van der Waals surface area contributed by atoms with Crippen LogP contribution >= 0.6 is 11.6 Å². The molecular formula is C18H13ClFNO4. The number of amides is 2. The molecule has 0 radical (unpaired) electrons. The number of rotatable bonds is 5. The summed E-state index contributed by atoms with van der Waals surface area (Å²) in [6, 6.07) is 12.2. The zero-order valence-corrected chi connectivity index (χ0v) is 13.6. The first-order chi connectivity index (χ1) is 12.0. The standard InChI is InChI=1S/C18H13ClFNO4/c19-14-7-4-8-15(20)13(14)9-10-17(23)25-11-16(22)21-18(24)12-5-2-1-3-6-12/h1-10H,11H2,(H,21,22,24)/b10-9+. The van der Waals surface area contributed by atoms with Crippen LogP contribution in [0, 0.1) is 5.82 Å². The maximum absolute atomic E-state index is 13.5. The van der Waals surface area contributed by atoms with Crippen LogP contribution in [-0.2, 0) is 14.3 Å². The zero-order valence-electron chi connectivity index (χ0n) is 12.9. The van der Waals surface area contributed by atoms with E-state index in [0.29, 0.717) is 5.56 Å². The number of imide groups is 1. The van der Waals surface area contributed by atoms with Crippen molar-refractivity contribution >= 4 is 35.5 Å². The number of nitrogens with one attached hydrogen (secondary N) is 1. The Morgan fingerprint density at radius 3 is 2.48 bits per heavy atom. The maximum atomic E-state index is 13.5. The Hall–Kier alpha value is -2.99. The third-order valence-electron chi connectivity index (χ3n) is 3.02. The van der Waals surface area contributed by atoms with E-state index in [1.165, 1.54) is 30.3 Å². The van der Waals surface area contributed by atoms with Crippen molar-refractivity contribution in [1.29, 1.82) is 0 Å². The number of benzene rings is 2. The molecule has 0 heterocycles. The highest BCUT2D eigenvalue weighted by Crippen LogP contribution is 2.20. The van der Waals surface area contributed by atoms with Crippen LogP contribution in [0.4, 0.5) is 4.39 Å². The van der Waals surface area contributed by atoms with Crippen LogP contribution in [0.15, 0.2) is 54.6 Å². The first kappa shape index (κ1) is 18.4. The quantitative estimate of drug-likeness (QED) is 0.656. The van der Waals surface area contributed by atoms with Crippen molar-refractivity contribution in [2.24, 2.45) is 0 Å². The number of halogens is 2. The molecule has 0 fully saturated rings. The van der Waals surface area contributed by atoms with Gasteiger partial charge in [-0.25, -0.2) is 9.18 Å². The van der Waals surface area contributed by atoms with Gasteiger partial charge in [0.05, 0.1) is 5.02 Å². The molecule has 2 amide bonds. The van der Waals surface area contributed by atoms with Crippen molar-refractivity contribution in [2.45, 2.75) is 0 Å². The first-order valence-electron chi connectivity index (χ1n) is 7.15. The fourth-order valence-electron chi connectivity index (χ4n) is 1.83. The maximum Gasteiger partial charge on any atom is 0.331 e. The third-order valence-corrected chi connectivity index (χ3v) is 3.35. The van der Waals surface area contributed by atoms with E-state index in [-0.39, 0.29) is 10.6 Å². The van der Waals surface area contributed by atoms with Crippen LogP contribution in [0.25, 0.3) is 6.08 Å². The molecule has 7 heteroatoms. The normalized spacial score (nSPS) is 10.5. The lowest BCUT2D eigenvalue weighted by Crippen LogP contribution is -2.33. The Kier molecular flexibility index (Phi) is 6.42. The molecule has 2 rings (SSSR count). The number of carbonyl (C=O) groups is 3. The molecular weight excluding hydrogens is 349 g/mol. The highest BCUT2D eigenvalue weighted by molar-refractivity contribution is 6.32. The summed E-state index contributed by atoms with van der Waals surface area (Å²) in [5.41, 5.74) is 0.334. The molecule has 0 saturated carbocycles. The van der Waals surface area contributed by atoms with Gasteiger partial charge in [-0.1, -0.05) is 35.9 Å². The van der Waals surface area contributed by atoms with Gasteiger partial charge >= 0.3 is 5.97 Å². The number of hydrogen-bond acceptors (Lipinski definition) is 4. The molecule has 0 aromatic heterocycles. The van der Waals surface area contributed by atoms with E-state index in [1.807, 2.05) is 0 Å². The smallest absolute Gasteiger partial charge is 0.331 e. The Morgan fingerprint density at radius 2 is 1.80 bits per heavy atom. The van der Waals surface area contributed by atoms with Gasteiger partial charge in [0.2, 0.25) is 0 Å². The predicted octanol–water partition coefficient (Wildman–Crippen LogP) is 2.99. The monoisotopic (exact) mass is 361 g/mol. The average molecular weight is 362 g/mol. The summed E-state index contributed by atoms with van der Waals surface area (Å²) in [4.78, 5) is 34.9. The molecule has 2 aromatic carbocycles. The molecule has 128 valence electrons. The van der Waals surface area contributed by atoms with Gasteiger partial charge in [-0.05, 0) is 30.3 Å².